The van der Waals surface area contributed by atoms with Gasteiger partial charge < -0.3 is 9.47 Å². The van der Waals surface area contributed by atoms with Crippen LogP contribution in [0.15, 0.2) is 53.0 Å². The molecule has 3 rings (SSSR count). The molecule has 0 saturated heterocycles. The molecule has 1 heterocycles. The number of carbonyl (C=O) groups is 1. The zero-order valence-corrected chi connectivity index (χ0v) is 16.3. The summed E-state index contributed by atoms with van der Waals surface area (Å²) in [6.07, 6.45) is 0. The molecule has 1 aromatic heterocycles. The number of nitrogens with zero attached hydrogens (tertiary/aromatic N) is 2. The summed E-state index contributed by atoms with van der Waals surface area (Å²) < 4.78 is 25.5. The first kappa shape index (κ1) is 19.0. The molecule has 2 aromatic carbocycles. The van der Waals surface area contributed by atoms with E-state index in [4.69, 9.17) is 9.47 Å². The maximum atomic E-state index is 13.7. The van der Waals surface area contributed by atoms with E-state index >= 15 is 0 Å². The third-order valence-corrected chi connectivity index (χ3v) is 4.20. The van der Waals surface area contributed by atoms with Crippen LogP contribution in [0.5, 0.6) is 11.8 Å². The van der Waals surface area contributed by atoms with E-state index < -0.39 is 11.8 Å². The monoisotopic (exact) mass is 430 g/mol. The molecule has 27 heavy (non-hydrogen) atoms. The van der Waals surface area contributed by atoms with Crippen molar-refractivity contribution in [3.8, 4) is 23.0 Å². The van der Waals surface area contributed by atoms with E-state index in [2.05, 4.69) is 25.9 Å². The lowest BCUT2D eigenvalue weighted by atomic mass is 10.0. The molecule has 0 aliphatic rings. The van der Waals surface area contributed by atoms with Crippen molar-refractivity contribution >= 4 is 21.9 Å². The van der Waals surface area contributed by atoms with E-state index in [0.717, 1.165) is 4.47 Å². The summed E-state index contributed by atoms with van der Waals surface area (Å²) >= 11 is 3.36. The molecule has 0 amide bonds. The first-order chi connectivity index (χ1) is 13.0. The minimum atomic E-state index is -0.565. The average molecular weight is 431 g/mol. The number of aryl methyl sites for hydroxylation is 1. The Morgan fingerprint density at radius 3 is 2.56 bits per heavy atom. The van der Waals surface area contributed by atoms with Gasteiger partial charge in [-0.25, -0.2) is 9.18 Å². The standard InChI is InChI=1S/C20H16BrFN2O3/c1-3-26-19(25)17-12(2)23-20(27-16-9-7-14(21)8-10-16)24-18(17)13-5-4-6-15(22)11-13/h4-11H,3H2,1-2H3. The van der Waals surface area contributed by atoms with Crippen LogP contribution in [0.2, 0.25) is 0 Å². The van der Waals surface area contributed by atoms with Gasteiger partial charge in [0.2, 0.25) is 0 Å². The van der Waals surface area contributed by atoms with Gasteiger partial charge in [-0.3, -0.25) is 0 Å². The van der Waals surface area contributed by atoms with Crippen molar-refractivity contribution < 1.29 is 18.7 Å². The van der Waals surface area contributed by atoms with Crippen LogP contribution >= 0.6 is 15.9 Å². The number of carbonyl (C=O) groups excluding carboxylic acids is 1. The topological polar surface area (TPSA) is 61.3 Å². The molecule has 3 aromatic rings. The number of rotatable bonds is 5. The van der Waals surface area contributed by atoms with Crippen molar-refractivity contribution in [2.45, 2.75) is 13.8 Å². The Morgan fingerprint density at radius 1 is 1.15 bits per heavy atom. The Balaban J connectivity index is 2.09. The van der Waals surface area contributed by atoms with E-state index in [1.807, 2.05) is 12.1 Å². The lowest BCUT2D eigenvalue weighted by Gasteiger charge is -2.13. The van der Waals surface area contributed by atoms with Crippen molar-refractivity contribution in [2.24, 2.45) is 0 Å². The molecule has 138 valence electrons. The fourth-order valence-corrected chi connectivity index (χ4v) is 2.76. The fourth-order valence-electron chi connectivity index (χ4n) is 2.49. The maximum Gasteiger partial charge on any atom is 0.342 e. The zero-order chi connectivity index (χ0) is 19.4. The second-order valence-electron chi connectivity index (χ2n) is 5.60. The van der Waals surface area contributed by atoms with Gasteiger partial charge in [0.05, 0.1) is 18.0 Å². The Bertz CT molecular complexity index is 977. The van der Waals surface area contributed by atoms with Gasteiger partial charge in [0.25, 0.3) is 0 Å². The molecule has 0 saturated carbocycles. The van der Waals surface area contributed by atoms with E-state index in [9.17, 15) is 9.18 Å². The van der Waals surface area contributed by atoms with Gasteiger partial charge in [0, 0.05) is 10.0 Å². The molecule has 0 aliphatic heterocycles. The Morgan fingerprint density at radius 2 is 1.89 bits per heavy atom. The number of ether oxygens (including phenoxy) is 2. The van der Waals surface area contributed by atoms with E-state index in [1.165, 1.54) is 12.1 Å². The molecule has 5 nitrogen and oxygen atoms in total. The number of halogens is 2. The van der Waals surface area contributed by atoms with Crippen LogP contribution < -0.4 is 4.74 Å². The SMILES string of the molecule is CCOC(=O)c1c(C)nc(Oc2ccc(Br)cc2)nc1-c1cccc(F)c1. The summed E-state index contributed by atoms with van der Waals surface area (Å²) in [6, 6.07) is 13.0. The van der Waals surface area contributed by atoms with Crippen LogP contribution in [0.1, 0.15) is 23.0 Å². The van der Waals surface area contributed by atoms with E-state index in [0.29, 0.717) is 17.0 Å². The lowest BCUT2D eigenvalue weighted by Crippen LogP contribution is -2.12. The molecule has 0 atom stereocenters. The van der Waals surface area contributed by atoms with E-state index in [1.54, 1.807) is 38.1 Å². The molecule has 0 radical (unpaired) electrons. The highest BCUT2D eigenvalue weighted by Gasteiger charge is 2.22. The summed E-state index contributed by atoms with van der Waals surface area (Å²) in [6.45, 7) is 3.57. The van der Waals surface area contributed by atoms with Crippen molar-refractivity contribution in [2.75, 3.05) is 6.61 Å². The summed E-state index contributed by atoms with van der Waals surface area (Å²) in [5, 5.41) is 0. The highest BCUT2D eigenvalue weighted by atomic mass is 79.9. The van der Waals surface area contributed by atoms with Gasteiger partial charge in [0.1, 0.15) is 17.1 Å². The van der Waals surface area contributed by atoms with Gasteiger partial charge in [-0.05, 0) is 50.2 Å². The highest BCUT2D eigenvalue weighted by Crippen LogP contribution is 2.29. The molecule has 0 fully saturated rings. The van der Waals surface area contributed by atoms with Crippen LogP contribution in [0.4, 0.5) is 4.39 Å². The third-order valence-electron chi connectivity index (χ3n) is 3.67. The van der Waals surface area contributed by atoms with Crippen LogP contribution in [-0.2, 0) is 4.74 Å². The number of hydrogen-bond donors (Lipinski definition) is 0. The molecule has 0 bridgehead atoms. The summed E-state index contributed by atoms with van der Waals surface area (Å²) in [4.78, 5) is 21.0. The number of benzene rings is 2. The minimum Gasteiger partial charge on any atom is -0.462 e. The van der Waals surface area contributed by atoms with Crippen molar-refractivity contribution in [3.05, 3.63) is 70.1 Å². The fraction of sp³-hybridized carbons (Fsp3) is 0.150. The Hall–Kier alpha value is -2.80. The first-order valence-electron chi connectivity index (χ1n) is 8.23. The predicted octanol–water partition coefficient (Wildman–Crippen LogP) is 5.32. The van der Waals surface area contributed by atoms with E-state index in [-0.39, 0.29) is 23.9 Å². The Labute approximate surface area is 164 Å². The van der Waals surface area contributed by atoms with Crippen molar-refractivity contribution in [3.63, 3.8) is 0 Å². The smallest absolute Gasteiger partial charge is 0.342 e. The lowest BCUT2D eigenvalue weighted by molar-refractivity contribution is 0.0525. The van der Waals surface area contributed by atoms with Crippen LogP contribution in [0.25, 0.3) is 11.3 Å². The number of aromatic nitrogens is 2. The van der Waals surface area contributed by atoms with Gasteiger partial charge >= 0.3 is 12.0 Å². The summed E-state index contributed by atoms with van der Waals surface area (Å²) in [5.41, 5.74) is 1.26. The molecule has 0 N–H and O–H groups in total. The molecule has 0 unspecified atom stereocenters. The van der Waals surface area contributed by atoms with Crippen LogP contribution in [-0.4, -0.2) is 22.5 Å². The molecule has 0 spiro atoms. The minimum absolute atomic E-state index is 0.0575. The van der Waals surface area contributed by atoms with Crippen molar-refractivity contribution in [1.82, 2.24) is 9.97 Å². The van der Waals surface area contributed by atoms with Gasteiger partial charge in [0.15, 0.2) is 0 Å². The average Bonchev–Trinajstić information content (AvgIpc) is 2.63. The number of hydrogen-bond acceptors (Lipinski definition) is 5. The van der Waals surface area contributed by atoms with Gasteiger partial charge in [-0.1, -0.05) is 28.1 Å². The third kappa shape index (κ3) is 4.49. The number of esters is 1. The first-order valence-corrected chi connectivity index (χ1v) is 9.02. The summed E-state index contributed by atoms with van der Waals surface area (Å²) in [5.74, 6) is -0.468. The largest absolute Gasteiger partial charge is 0.462 e. The quantitative estimate of drug-likeness (QED) is 0.512. The molecular weight excluding hydrogens is 415 g/mol. The molecule has 0 aliphatic carbocycles. The van der Waals surface area contributed by atoms with Crippen LogP contribution in [0.3, 0.4) is 0 Å². The van der Waals surface area contributed by atoms with Gasteiger partial charge in [-0.15, -0.1) is 0 Å². The maximum absolute atomic E-state index is 13.7. The molecular formula is C20H16BrFN2O3. The predicted molar refractivity (Wildman–Crippen MR) is 102 cm³/mol. The highest BCUT2D eigenvalue weighted by molar-refractivity contribution is 9.10. The second-order valence-corrected chi connectivity index (χ2v) is 6.52. The van der Waals surface area contributed by atoms with Crippen molar-refractivity contribution in [1.29, 1.82) is 0 Å². The Kier molecular flexibility index (Phi) is 5.81. The van der Waals surface area contributed by atoms with Crippen LogP contribution in [0, 0.1) is 12.7 Å². The molecule has 7 heteroatoms. The second kappa shape index (κ2) is 8.26. The normalized spacial score (nSPS) is 10.5. The summed E-state index contributed by atoms with van der Waals surface area (Å²) in [7, 11) is 0. The zero-order valence-electron chi connectivity index (χ0n) is 14.7. The van der Waals surface area contributed by atoms with Gasteiger partial charge in [-0.2, -0.15) is 9.97 Å².